The van der Waals surface area contributed by atoms with Gasteiger partial charge in [0.25, 0.3) is 10.0 Å². The van der Waals surface area contributed by atoms with E-state index in [9.17, 15) is 8.42 Å². The lowest BCUT2D eigenvalue weighted by atomic mass is 10.2. The fraction of sp³-hybridized carbons (Fsp3) is 0.0625. The molecule has 0 spiro atoms. The number of benzene rings is 2. The van der Waals surface area contributed by atoms with Gasteiger partial charge in [-0.3, -0.25) is 0 Å². The summed E-state index contributed by atoms with van der Waals surface area (Å²) in [7, 11) is -3.64. The van der Waals surface area contributed by atoms with Crippen molar-refractivity contribution in [1.29, 1.82) is 0 Å². The second-order valence-electron chi connectivity index (χ2n) is 4.96. The summed E-state index contributed by atoms with van der Waals surface area (Å²) in [5.74, 6) is 0. The van der Waals surface area contributed by atoms with Crippen LogP contribution < -0.4 is 4.83 Å². The van der Waals surface area contributed by atoms with Gasteiger partial charge < -0.3 is 4.98 Å². The number of aromatic nitrogens is 1. The van der Waals surface area contributed by atoms with Crippen LogP contribution >= 0.6 is 0 Å². The van der Waals surface area contributed by atoms with Gasteiger partial charge in [0.1, 0.15) is 0 Å². The average Bonchev–Trinajstić information content (AvgIpc) is 2.91. The van der Waals surface area contributed by atoms with Crippen molar-refractivity contribution in [2.45, 2.75) is 11.8 Å². The van der Waals surface area contributed by atoms with Gasteiger partial charge in [0, 0.05) is 22.7 Å². The van der Waals surface area contributed by atoms with Gasteiger partial charge in [0.15, 0.2) is 0 Å². The van der Waals surface area contributed by atoms with Crippen LogP contribution in [0, 0.1) is 6.92 Å². The second kappa shape index (κ2) is 5.65. The van der Waals surface area contributed by atoms with Crippen molar-refractivity contribution in [2.75, 3.05) is 0 Å². The summed E-state index contributed by atoms with van der Waals surface area (Å²) in [6, 6.07) is 14.3. The lowest BCUT2D eigenvalue weighted by molar-refractivity contribution is 0.584. The summed E-state index contributed by atoms with van der Waals surface area (Å²) in [5.41, 5.74) is 2.80. The van der Waals surface area contributed by atoms with Crippen molar-refractivity contribution >= 4 is 27.1 Å². The van der Waals surface area contributed by atoms with Gasteiger partial charge in [0.05, 0.1) is 11.1 Å². The molecule has 0 radical (unpaired) electrons. The Bertz CT molecular complexity index is 925. The summed E-state index contributed by atoms with van der Waals surface area (Å²) in [6.07, 6.45) is 3.28. The highest BCUT2D eigenvalue weighted by molar-refractivity contribution is 7.89. The number of nitrogens with one attached hydrogen (secondary N) is 2. The van der Waals surface area contributed by atoms with Gasteiger partial charge in [0.2, 0.25) is 0 Å². The topological polar surface area (TPSA) is 74.3 Å². The number of fused-ring (bicyclic) bond motifs is 1. The van der Waals surface area contributed by atoms with Crippen LogP contribution in [0.25, 0.3) is 10.9 Å². The number of nitrogens with zero attached hydrogens (tertiary/aromatic N) is 1. The lowest BCUT2D eigenvalue weighted by Crippen LogP contribution is -2.18. The highest BCUT2D eigenvalue weighted by Crippen LogP contribution is 2.15. The molecule has 0 saturated carbocycles. The van der Waals surface area contributed by atoms with E-state index >= 15 is 0 Å². The zero-order valence-electron chi connectivity index (χ0n) is 11.9. The number of sulfonamides is 1. The SMILES string of the molecule is Cc1ccc(S(=O)(=O)N/N=C/c2c[nH]c3ccccc23)cc1. The molecule has 112 valence electrons. The third-order valence-corrected chi connectivity index (χ3v) is 4.57. The van der Waals surface area contributed by atoms with Crippen LogP contribution in [0.5, 0.6) is 0 Å². The first kappa shape index (κ1) is 14.3. The van der Waals surface area contributed by atoms with Crippen molar-refractivity contribution in [1.82, 2.24) is 9.82 Å². The van der Waals surface area contributed by atoms with Gasteiger partial charge in [-0.2, -0.15) is 13.5 Å². The van der Waals surface area contributed by atoms with Gasteiger partial charge in [-0.1, -0.05) is 35.9 Å². The van der Waals surface area contributed by atoms with E-state index in [2.05, 4.69) is 14.9 Å². The molecule has 0 unspecified atom stereocenters. The molecular formula is C16H15N3O2S. The molecular weight excluding hydrogens is 298 g/mol. The van der Waals surface area contributed by atoms with E-state index in [1.54, 1.807) is 30.5 Å². The van der Waals surface area contributed by atoms with Crippen LogP contribution in [0.1, 0.15) is 11.1 Å². The third-order valence-electron chi connectivity index (χ3n) is 3.33. The largest absolute Gasteiger partial charge is 0.361 e. The highest BCUT2D eigenvalue weighted by Gasteiger charge is 2.11. The van der Waals surface area contributed by atoms with E-state index in [1.165, 1.54) is 6.21 Å². The van der Waals surface area contributed by atoms with Gasteiger partial charge in [-0.15, -0.1) is 0 Å². The predicted molar refractivity (Wildman–Crippen MR) is 87.4 cm³/mol. The Morgan fingerprint density at radius 3 is 2.59 bits per heavy atom. The van der Waals surface area contributed by atoms with Crippen molar-refractivity contribution in [3.8, 4) is 0 Å². The van der Waals surface area contributed by atoms with E-state index in [1.807, 2.05) is 31.2 Å². The van der Waals surface area contributed by atoms with E-state index in [0.717, 1.165) is 22.0 Å². The minimum absolute atomic E-state index is 0.189. The number of hydrogen-bond donors (Lipinski definition) is 2. The summed E-state index contributed by atoms with van der Waals surface area (Å²) in [5, 5.41) is 4.84. The molecule has 2 aromatic carbocycles. The fourth-order valence-electron chi connectivity index (χ4n) is 2.14. The zero-order valence-corrected chi connectivity index (χ0v) is 12.8. The molecule has 1 aromatic heterocycles. The van der Waals surface area contributed by atoms with Crippen LogP contribution in [0.4, 0.5) is 0 Å². The molecule has 6 heteroatoms. The number of rotatable bonds is 4. The molecule has 5 nitrogen and oxygen atoms in total. The molecule has 22 heavy (non-hydrogen) atoms. The first-order chi connectivity index (χ1) is 10.6. The van der Waals surface area contributed by atoms with Crippen molar-refractivity contribution in [3.63, 3.8) is 0 Å². The van der Waals surface area contributed by atoms with Crippen molar-refractivity contribution < 1.29 is 8.42 Å². The first-order valence-corrected chi connectivity index (χ1v) is 8.22. The minimum Gasteiger partial charge on any atom is -0.361 e. The smallest absolute Gasteiger partial charge is 0.276 e. The first-order valence-electron chi connectivity index (χ1n) is 6.74. The number of hydrogen-bond acceptors (Lipinski definition) is 3. The molecule has 0 bridgehead atoms. The maximum Gasteiger partial charge on any atom is 0.276 e. The van der Waals surface area contributed by atoms with Crippen molar-refractivity contribution in [2.24, 2.45) is 5.10 Å². The van der Waals surface area contributed by atoms with E-state index < -0.39 is 10.0 Å². The molecule has 0 aliphatic carbocycles. The molecule has 2 N–H and O–H groups in total. The minimum atomic E-state index is -3.64. The normalized spacial score (nSPS) is 12.0. The van der Waals surface area contributed by atoms with Crippen LogP contribution in [-0.4, -0.2) is 19.6 Å². The van der Waals surface area contributed by atoms with E-state index in [4.69, 9.17) is 0 Å². The summed E-state index contributed by atoms with van der Waals surface area (Å²) in [6.45, 7) is 1.90. The molecule has 0 aliphatic rings. The quantitative estimate of drug-likeness (QED) is 0.574. The Labute approximate surface area is 128 Å². The van der Waals surface area contributed by atoms with Gasteiger partial charge in [-0.25, -0.2) is 4.83 Å². The summed E-state index contributed by atoms with van der Waals surface area (Å²) in [4.78, 5) is 5.52. The Balaban J connectivity index is 1.80. The van der Waals surface area contributed by atoms with Crippen LogP contribution in [-0.2, 0) is 10.0 Å². The zero-order chi connectivity index (χ0) is 15.6. The standard InChI is InChI=1S/C16H15N3O2S/c1-12-6-8-14(9-7-12)22(20,21)19-18-11-13-10-17-16-5-3-2-4-15(13)16/h2-11,17,19H,1H3/b18-11+. The molecule has 0 fully saturated rings. The predicted octanol–water partition coefficient (Wildman–Crippen LogP) is 2.79. The Morgan fingerprint density at radius 2 is 1.82 bits per heavy atom. The molecule has 0 amide bonds. The van der Waals surface area contributed by atoms with E-state index in [0.29, 0.717) is 0 Å². The average molecular weight is 313 g/mol. The molecule has 0 aliphatic heterocycles. The number of hydrazone groups is 1. The van der Waals surface area contributed by atoms with Crippen molar-refractivity contribution in [3.05, 3.63) is 65.9 Å². The molecule has 0 saturated heterocycles. The van der Waals surface area contributed by atoms with Gasteiger partial charge >= 0.3 is 0 Å². The number of H-pyrrole nitrogens is 1. The summed E-state index contributed by atoms with van der Waals surface area (Å²) < 4.78 is 24.2. The maximum absolute atomic E-state index is 12.1. The maximum atomic E-state index is 12.1. The Hall–Kier alpha value is -2.60. The molecule has 3 rings (SSSR count). The second-order valence-corrected chi connectivity index (χ2v) is 6.62. The number of aryl methyl sites for hydroxylation is 1. The number of para-hydroxylation sites is 1. The number of aromatic amines is 1. The monoisotopic (exact) mass is 313 g/mol. The summed E-state index contributed by atoms with van der Waals surface area (Å²) >= 11 is 0. The molecule has 1 heterocycles. The van der Waals surface area contributed by atoms with Crippen LogP contribution in [0.15, 0.2) is 64.7 Å². The van der Waals surface area contributed by atoms with E-state index in [-0.39, 0.29) is 4.90 Å². The van der Waals surface area contributed by atoms with Crippen LogP contribution in [0.3, 0.4) is 0 Å². The fourth-order valence-corrected chi connectivity index (χ4v) is 2.93. The Kier molecular flexibility index (Phi) is 3.68. The lowest BCUT2D eigenvalue weighted by Gasteiger charge is -2.03. The highest BCUT2D eigenvalue weighted by atomic mass is 32.2. The van der Waals surface area contributed by atoms with Crippen LogP contribution in [0.2, 0.25) is 0 Å². The molecule has 3 aromatic rings. The third kappa shape index (κ3) is 2.87. The van der Waals surface area contributed by atoms with Gasteiger partial charge in [-0.05, 0) is 25.1 Å². The Morgan fingerprint density at radius 1 is 1.09 bits per heavy atom. The molecule has 0 atom stereocenters.